The summed E-state index contributed by atoms with van der Waals surface area (Å²) in [6.45, 7) is 7.46. The second-order valence-electron chi connectivity index (χ2n) is 5.17. The largest absolute Gasteiger partial charge is 0.313 e. The molecule has 0 aliphatic rings. The number of benzene rings is 1. The second kappa shape index (κ2) is 6.71. The van der Waals surface area contributed by atoms with Gasteiger partial charge in [0, 0.05) is 17.3 Å². The van der Waals surface area contributed by atoms with Crippen molar-refractivity contribution in [2.45, 2.75) is 46.2 Å². The Balaban J connectivity index is 2.40. The lowest BCUT2D eigenvalue weighted by Gasteiger charge is -2.13. The highest BCUT2D eigenvalue weighted by molar-refractivity contribution is 5.31. The minimum absolute atomic E-state index is 0.351. The summed E-state index contributed by atoms with van der Waals surface area (Å²) in [4.78, 5) is 0. The SMILES string of the molecule is CCc1nn(Cc2ccccc2)c(CC)c1C(C)NC. The zero-order valence-electron chi connectivity index (χ0n) is 13.0. The van der Waals surface area contributed by atoms with E-state index in [0.717, 1.165) is 19.4 Å². The molecule has 0 radical (unpaired) electrons. The fourth-order valence-electron chi connectivity index (χ4n) is 2.73. The van der Waals surface area contributed by atoms with Gasteiger partial charge in [-0.15, -0.1) is 0 Å². The molecule has 0 aliphatic heterocycles. The lowest BCUT2D eigenvalue weighted by molar-refractivity contribution is 0.620. The van der Waals surface area contributed by atoms with Crippen molar-refractivity contribution in [3.8, 4) is 0 Å². The first-order valence-corrected chi connectivity index (χ1v) is 7.50. The molecule has 3 nitrogen and oxygen atoms in total. The van der Waals surface area contributed by atoms with E-state index in [9.17, 15) is 0 Å². The molecule has 2 aromatic rings. The summed E-state index contributed by atoms with van der Waals surface area (Å²) in [6, 6.07) is 10.9. The van der Waals surface area contributed by atoms with Crippen LogP contribution in [-0.2, 0) is 19.4 Å². The van der Waals surface area contributed by atoms with Gasteiger partial charge in [0.2, 0.25) is 0 Å². The Morgan fingerprint density at radius 2 is 1.85 bits per heavy atom. The number of hydrogen-bond donors (Lipinski definition) is 1. The summed E-state index contributed by atoms with van der Waals surface area (Å²) in [5.41, 5.74) is 5.26. The molecule has 0 saturated heterocycles. The highest BCUT2D eigenvalue weighted by Gasteiger charge is 2.19. The molecule has 108 valence electrons. The van der Waals surface area contributed by atoms with Crippen molar-refractivity contribution in [3.05, 3.63) is 52.8 Å². The molecule has 1 atom stereocenters. The molecular weight excluding hydrogens is 246 g/mol. The molecule has 2 rings (SSSR count). The monoisotopic (exact) mass is 271 g/mol. The van der Waals surface area contributed by atoms with E-state index in [1.165, 1.54) is 22.5 Å². The number of hydrogen-bond acceptors (Lipinski definition) is 2. The molecule has 3 heteroatoms. The standard InChI is InChI=1S/C17H25N3/c1-5-15-17(13(3)18-4)16(6-2)20(19-15)12-14-10-8-7-9-11-14/h7-11,13,18H,5-6,12H2,1-4H3. The number of aromatic nitrogens is 2. The molecule has 0 bridgehead atoms. The predicted octanol–water partition coefficient (Wildman–Crippen LogP) is 3.34. The maximum atomic E-state index is 4.84. The van der Waals surface area contributed by atoms with Crippen LogP contribution in [0.1, 0.15) is 49.3 Å². The molecule has 0 amide bonds. The molecule has 1 N–H and O–H groups in total. The fraction of sp³-hybridized carbons (Fsp3) is 0.471. The minimum Gasteiger partial charge on any atom is -0.313 e. The second-order valence-corrected chi connectivity index (χ2v) is 5.17. The Hall–Kier alpha value is -1.61. The number of aryl methyl sites for hydroxylation is 1. The van der Waals surface area contributed by atoms with Crippen molar-refractivity contribution in [2.24, 2.45) is 0 Å². The van der Waals surface area contributed by atoms with E-state index < -0.39 is 0 Å². The molecule has 1 aromatic carbocycles. The van der Waals surface area contributed by atoms with E-state index in [2.05, 4.69) is 61.1 Å². The topological polar surface area (TPSA) is 29.9 Å². The van der Waals surface area contributed by atoms with Gasteiger partial charge in [-0.05, 0) is 32.4 Å². The van der Waals surface area contributed by atoms with Gasteiger partial charge in [-0.3, -0.25) is 4.68 Å². The van der Waals surface area contributed by atoms with Crippen LogP contribution in [0.3, 0.4) is 0 Å². The van der Waals surface area contributed by atoms with E-state index in [1.807, 2.05) is 7.05 Å². The highest BCUT2D eigenvalue weighted by Crippen LogP contribution is 2.24. The first kappa shape index (κ1) is 14.8. The Morgan fingerprint density at radius 1 is 1.15 bits per heavy atom. The fourth-order valence-corrected chi connectivity index (χ4v) is 2.73. The zero-order valence-corrected chi connectivity index (χ0v) is 13.0. The summed E-state index contributed by atoms with van der Waals surface area (Å²) in [6.07, 6.45) is 2.00. The van der Waals surface area contributed by atoms with Gasteiger partial charge in [-0.25, -0.2) is 0 Å². The van der Waals surface area contributed by atoms with Crippen LogP contribution in [0, 0.1) is 0 Å². The minimum atomic E-state index is 0.351. The normalized spacial score (nSPS) is 12.6. The van der Waals surface area contributed by atoms with E-state index in [0.29, 0.717) is 6.04 Å². The molecule has 0 fully saturated rings. The number of nitrogens with one attached hydrogen (secondary N) is 1. The van der Waals surface area contributed by atoms with Crippen LogP contribution in [-0.4, -0.2) is 16.8 Å². The van der Waals surface area contributed by atoms with Crippen molar-refractivity contribution in [1.82, 2.24) is 15.1 Å². The van der Waals surface area contributed by atoms with Crippen LogP contribution in [0.4, 0.5) is 0 Å². The molecule has 1 unspecified atom stereocenters. The molecular formula is C17H25N3. The molecule has 20 heavy (non-hydrogen) atoms. The van der Waals surface area contributed by atoms with Crippen molar-refractivity contribution >= 4 is 0 Å². The Labute approximate surface area is 122 Å². The molecule has 1 aromatic heterocycles. The lowest BCUT2D eigenvalue weighted by Crippen LogP contribution is -2.15. The van der Waals surface area contributed by atoms with Crippen molar-refractivity contribution in [1.29, 1.82) is 0 Å². The summed E-state index contributed by atoms with van der Waals surface area (Å²) >= 11 is 0. The van der Waals surface area contributed by atoms with Crippen LogP contribution in [0.2, 0.25) is 0 Å². The predicted molar refractivity (Wildman–Crippen MR) is 84.0 cm³/mol. The third kappa shape index (κ3) is 2.93. The average molecular weight is 271 g/mol. The lowest BCUT2D eigenvalue weighted by atomic mass is 10.0. The third-order valence-electron chi connectivity index (χ3n) is 3.89. The van der Waals surface area contributed by atoms with Gasteiger partial charge in [0.1, 0.15) is 0 Å². The van der Waals surface area contributed by atoms with E-state index in [1.54, 1.807) is 0 Å². The molecule has 0 spiro atoms. The highest BCUT2D eigenvalue weighted by atomic mass is 15.3. The van der Waals surface area contributed by atoms with Crippen molar-refractivity contribution in [3.63, 3.8) is 0 Å². The van der Waals surface area contributed by atoms with Gasteiger partial charge in [-0.2, -0.15) is 5.10 Å². The maximum absolute atomic E-state index is 4.84. The Morgan fingerprint density at radius 3 is 2.40 bits per heavy atom. The van der Waals surface area contributed by atoms with Crippen LogP contribution in [0.25, 0.3) is 0 Å². The summed E-state index contributed by atoms with van der Waals surface area (Å²) in [7, 11) is 2.01. The molecule has 1 heterocycles. The zero-order chi connectivity index (χ0) is 14.5. The van der Waals surface area contributed by atoms with Gasteiger partial charge in [0.15, 0.2) is 0 Å². The summed E-state index contributed by atoms with van der Waals surface area (Å²) in [5.74, 6) is 0. The van der Waals surface area contributed by atoms with Crippen LogP contribution in [0.5, 0.6) is 0 Å². The van der Waals surface area contributed by atoms with Crippen LogP contribution >= 0.6 is 0 Å². The van der Waals surface area contributed by atoms with Gasteiger partial charge < -0.3 is 5.32 Å². The van der Waals surface area contributed by atoms with Crippen LogP contribution < -0.4 is 5.32 Å². The summed E-state index contributed by atoms with van der Waals surface area (Å²) in [5, 5.41) is 8.19. The number of rotatable bonds is 6. The molecule has 0 aliphatic carbocycles. The van der Waals surface area contributed by atoms with Crippen LogP contribution in [0.15, 0.2) is 30.3 Å². The first-order chi connectivity index (χ1) is 9.71. The van der Waals surface area contributed by atoms with Gasteiger partial charge in [-0.1, -0.05) is 44.2 Å². The van der Waals surface area contributed by atoms with Crippen molar-refractivity contribution < 1.29 is 0 Å². The summed E-state index contributed by atoms with van der Waals surface area (Å²) < 4.78 is 2.18. The van der Waals surface area contributed by atoms with Gasteiger partial charge in [0.05, 0.1) is 12.2 Å². The first-order valence-electron chi connectivity index (χ1n) is 7.50. The average Bonchev–Trinajstić information content (AvgIpc) is 2.85. The smallest absolute Gasteiger partial charge is 0.0672 e. The van der Waals surface area contributed by atoms with Gasteiger partial charge in [0.25, 0.3) is 0 Å². The van der Waals surface area contributed by atoms with E-state index >= 15 is 0 Å². The Bertz CT molecular complexity index is 543. The quantitative estimate of drug-likeness (QED) is 0.873. The van der Waals surface area contributed by atoms with E-state index in [-0.39, 0.29) is 0 Å². The van der Waals surface area contributed by atoms with E-state index in [4.69, 9.17) is 5.10 Å². The number of nitrogens with zero attached hydrogens (tertiary/aromatic N) is 2. The molecule has 0 saturated carbocycles. The van der Waals surface area contributed by atoms with Gasteiger partial charge >= 0.3 is 0 Å². The van der Waals surface area contributed by atoms with Crippen molar-refractivity contribution in [2.75, 3.05) is 7.05 Å². The maximum Gasteiger partial charge on any atom is 0.0672 e. The third-order valence-corrected chi connectivity index (χ3v) is 3.89. The Kier molecular flexibility index (Phi) is 4.96.